The van der Waals surface area contributed by atoms with Gasteiger partial charge in [-0.1, -0.05) is 0 Å². The zero-order chi connectivity index (χ0) is 17.2. The third-order valence-electron chi connectivity index (χ3n) is 3.42. The van der Waals surface area contributed by atoms with Crippen LogP contribution in [0.2, 0.25) is 0 Å². The average Bonchev–Trinajstić information content (AvgIpc) is 3.02. The van der Waals surface area contributed by atoms with Gasteiger partial charge in [0.25, 0.3) is 0 Å². The van der Waals surface area contributed by atoms with Gasteiger partial charge in [0.05, 0.1) is 4.90 Å². The molecule has 0 aliphatic carbocycles. The molecule has 124 valence electrons. The summed E-state index contributed by atoms with van der Waals surface area (Å²) >= 11 is 0. The molecule has 1 N–H and O–H groups in total. The van der Waals surface area contributed by atoms with Crippen molar-refractivity contribution in [3.63, 3.8) is 0 Å². The normalized spacial score (nSPS) is 13.2. The lowest BCUT2D eigenvalue weighted by Crippen LogP contribution is -1.98. The summed E-state index contributed by atoms with van der Waals surface area (Å²) < 4.78 is 33.2. The van der Waals surface area contributed by atoms with Crippen molar-refractivity contribution in [3.05, 3.63) is 60.3 Å². The fourth-order valence-corrected chi connectivity index (χ4v) is 2.79. The van der Waals surface area contributed by atoms with Gasteiger partial charge in [-0.25, -0.2) is 8.42 Å². The number of allylic oxidation sites excluding steroid dienone is 1. The van der Waals surface area contributed by atoms with Gasteiger partial charge < -0.3 is 14.8 Å². The first-order chi connectivity index (χ1) is 11.4. The Labute approximate surface area is 139 Å². The lowest BCUT2D eigenvalue weighted by Gasteiger charge is -2.03. The Hall–Kier alpha value is -2.80. The van der Waals surface area contributed by atoms with Crippen molar-refractivity contribution in [3.8, 4) is 11.5 Å². The maximum absolute atomic E-state index is 12.1. The first-order valence-electron chi connectivity index (χ1n) is 7.11. The van der Waals surface area contributed by atoms with Gasteiger partial charge in [-0.2, -0.15) is 0 Å². The SMILES string of the molecule is CS(=O)(=O)c1ccc(N/C=C/C(=O)c2ccc3c(c2)OCO3)cc1. The summed E-state index contributed by atoms with van der Waals surface area (Å²) in [6.07, 6.45) is 4.05. The van der Waals surface area contributed by atoms with Crippen LogP contribution < -0.4 is 14.8 Å². The highest BCUT2D eigenvalue weighted by atomic mass is 32.2. The second kappa shape index (κ2) is 6.37. The number of rotatable bonds is 5. The third-order valence-corrected chi connectivity index (χ3v) is 4.55. The molecule has 0 saturated carbocycles. The lowest BCUT2D eigenvalue weighted by atomic mass is 10.1. The first-order valence-corrected chi connectivity index (χ1v) is 9.00. The predicted octanol–water partition coefficient (Wildman–Crippen LogP) is 2.63. The van der Waals surface area contributed by atoms with Crippen LogP contribution in [0.15, 0.2) is 59.6 Å². The van der Waals surface area contributed by atoms with E-state index in [1.54, 1.807) is 30.3 Å². The number of hydrogen-bond acceptors (Lipinski definition) is 6. The monoisotopic (exact) mass is 345 g/mol. The molecule has 0 unspecified atom stereocenters. The summed E-state index contributed by atoms with van der Waals surface area (Å²) in [6, 6.07) is 11.3. The topological polar surface area (TPSA) is 81.7 Å². The van der Waals surface area contributed by atoms with Crippen LogP contribution in [0.4, 0.5) is 5.69 Å². The molecule has 0 radical (unpaired) electrons. The fourth-order valence-electron chi connectivity index (χ4n) is 2.16. The number of fused-ring (bicyclic) bond motifs is 1. The van der Waals surface area contributed by atoms with E-state index in [0.717, 1.165) is 6.26 Å². The molecular formula is C17H15NO5S. The molecule has 6 nitrogen and oxygen atoms in total. The second-order valence-corrected chi connectivity index (χ2v) is 7.22. The van der Waals surface area contributed by atoms with Gasteiger partial charge in [0.2, 0.25) is 6.79 Å². The molecule has 0 fully saturated rings. The summed E-state index contributed by atoms with van der Waals surface area (Å²) in [7, 11) is -3.22. The van der Waals surface area contributed by atoms with Gasteiger partial charge in [0.1, 0.15) is 0 Å². The van der Waals surface area contributed by atoms with E-state index in [-0.39, 0.29) is 17.5 Å². The highest BCUT2D eigenvalue weighted by Crippen LogP contribution is 2.32. The molecule has 0 atom stereocenters. The van der Waals surface area contributed by atoms with Gasteiger partial charge in [-0.3, -0.25) is 4.79 Å². The van der Waals surface area contributed by atoms with E-state index in [2.05, 4.69) is 5.32 Å². The smallest absolute Gasteiger partial charge is 0.231 e. The Morgan fingerprint density at radius 2 is 1.79 bits per heavy atom. The highest BCUT2D eigenvalue weighted by molar-refractivity contribution is 7.90. The van der Waals surface area contributed by atoms with E-state index in [1.807, 2.05) is 0 Å². The standard InChI is InChI=1S/C17H15NO5S/c1-24(20,21)14-5-3-13(4-6-14)18-9-8-15(19)12-2-7-16-17(10-12)23-11-22-16/h2-10,18H,11H2,1H3/b9-8+. The van der Waals surface area contributed by atoms with Gasteiger partial charge in [0, 0.05) is 29.8 Å². The molecule has 0 bridgehead atoms. The number of ether oxygens (including phenoxy) is 2. The van der Waals surface area contributed by atoms with Crippen LogP contribution >= 0.6 is 0 Å². The highest BCUT2D eigenvalue weighted by Gasteiger charge is 2.15. The Bertz CT molecular complexity index is 901. The Morgan fingerprint density at radius 3 is 2.50 bits per heavy atom. The van der Waals surface area contributed by atoms with Crippen LogP contribution in [0.25, 0.3) is 0 Å². The van der Waals surface area contributed by atoms with E-state index in [1.165, 1.54) is 24.4 Å². The molecule has 7 heteroatoms. The molecule has 0 saturated heterocycles. The number of carbonyl (C=O) groups is 1. The van der Waals surface area contributed by atoms with Crippen LogP contribution in [0.3, 0.4) is 0 Å². The van der Waals surface area contributed by atoms with Crippen molar-refractivity contribution < 1.29 is 22.7 Å². The van der Waals surface area contributed by atoms with Crippen molar-refractivity contribution in [2.75, 3.05) is 18.4 Å². The fraction of sp³-hybridized carbons (Fsp3) is 0.118. The summed E-state index contributed by atoms with van der Waals surface area (Å²) in [5.41, 5.74) is 1.17. The molecular weight excluding hydrogens is 330 g/mol. The lowest BCUT2D eigenvalue weighted by molar-refractivity contribution is 0.104. The van der Waals surface area contributed by atoms with Gasteiger partial charge >= 0.3 is 0 Å². The van der Waals surface area contributed by atoms with Crippen molar-refractivity contribution in [1.82, 2.24) is 0 Å². The predicted molar refractivity (Wildman–Crippen MR) is 89.2 cm³/mol. The molecule has 3 rings (SSSR count). The molecule has 0 amide bonds. The Morgan fingerprint density at radius 1 is 1.08 bits per heavy atom. The van der Waals surface area contributed by atoms with Crippen LogP contribution in [-0.4, -0.2) is 27.2 Å². The minimum Gasteiger partial charge on any atom is -0.454 e. The van der Waals surface area contributed by atoms with E-state index in [4.69, 9.17) is 9.47 Å². The summed E-state index contributed by atoms with van der Waals surface area (Å²) in [5, 5.41) is 2.92. The summed E-state index contributed by atoms with van der Waals surface area (Å²) in [5.74, 6) is 0.992. The third kappa shape index (κ3) is 3.57. The van der Waals surface area contributed by atoms with Gasteiger partial charge in [-0.15, -0.1) is 0 Å². The zero-order valence-electron chi connectivity index (χ0n) is 12.9. The maximum atomic E-state index is 12.1. The molecule has 0 spiro atoms. The number of ketones is 1. The Balaban J connectivity index is 1.64. The van der Waals surface area contributed by atoms with E-state index >= 15 is 0 Å². The van der Waals surface area contributed by atoms with Crippen molar-refractivity contribution in [2.24, 2.45) is 0 Å². The molecule has 0 aromatic heterocycles. The molecule has 1 aliphatic rings. The number of sulfone groups is 1. The molecule has 1 heterocycles. The number of hydrogen-bond donors (Lipinski definition) is 1. The quantitative estimate of drug-likeness (QED) is 0.663. The summed E-state index contributed by atoms with van der Waals surface area (Å²) in [4.78, 5) is 12.4. The molecule has 2 aromatic rings. The van der Waals surface area contributed by atoms with Crippen LogP contribution in [-0.2, 0) is 9.84 Å². The minimum atomic E-state index is -3.22. The first kappa shape index (κ1) is 16.1. The number of anilines is 1. The van der Waals surface area contributed by atoms with E-state index in [0.29, 0.717) is 22.7 Å². The molecule has 24 heavy (non-hydrogen) atoms. The van der Waals surface area contributed by atoms with Crippen molar-refractivity contribution >= 4 is 21.3 Å². The van der Waals surface area contributed by atoms with Gasteiger partial charge in [0.15, 0.2) is 27.1 Å². The van der Waals surface area contributed by atoms with Crippen molar-refractivity contribution in [1.29, 1.82) is 0 Å². The largest absolute Gasteiger partial charge is 0.454 e. The molecule has 2 aromatic carbocycles. The van der Waals surface area contributed by atoms with Crippen LogP contribution in [0.5, 0.6) is 11.5 Å². The maximum Gasteiger partial charge on any atom is 0.231 e. The zero-order valence-corrected chi connectivity index (χ0v) is 13.7. The van der Waals surface area contributed by atoms with E-state index in [9.17, 15) is 13.2 Å². The average molecular weight is 345 g/mol. The number of carbonyl (C=O) groups excluding carboxylic acids is 1. The number of benzene rings is 2. The van der Waals surface area contributed by atoms with Crippen molar-refractivity contribution in [2.45, 2.75) is 4.90 Å². The van der Waals surface area contributed by atoms with Gasteiger partial charge in [-0.05, 0) is 42.5 Å². The summed E-state index contributed by atoms with van der Waals surface area (Å²) in [6.45, 7) is 0.161. The van der Waals surface area contributed by atoms with E-state index < -0.39 is 9.84 Å². The number of nitrogens with one attached hydrogen (secondary N) is 1. The molecule has 1 aliphatic heterocycles. The second-order valence-electron chi connectivity index (χ2n) is 5.21. The van der Waals surface area contributed by atoms with Crippen LogP contribution in [0.1, 0.15) is 10.4 Å². The minimum absolute atomic E-state index is 0.161. The van der Waals surface area contributed by atoms with Crippen LogP contribution in [0, 0.1) is 0 Å². The Kier molecular flexibility index (Phi) is 4.26.